The highest BCUT2D eigenvalue weighted by Gasteiger charge is 2.40. The van der Waals surface area contributed by atoms with Gasteiger partial charge in [-0.2, -0.15) is 0 Å². The number of aryl methyl sites for hydroxylation is 1. The first kappa shape index (κ1) is 16.2. The predicted octanol–water partition coefficient (Wildman–Crippen LogP) is 3.10. The number of para-hydroxylation sites is 2. The second-order valence-electron chi connectivity index (χ2n) is 5.65. The van der Waals surface area contributed by atoms with Crippen LogP contribution in [0, 0.1) is 6.92 Å². The molecule has 0 N–H and O–H groups in total. The monoisotopic (exact) mass is 328 g/mol. The molecule has 2 aromatic rings. The van der Waals surface area contributed by atoms with Crippen molar-refractivity contribution in [2.45, 2.75) is 18.9 Å². The summed E-state index contributed by atoms with van der Waals surface area (Å²) in [4.78, 5) is 12.2. The van der Waals surface area contributed by atoms with Crippen LogP contribution in [0.2, 0.25) is 0 Å². The van der Waals surface area contributed by atoms with E-state index < -0.39 is 6.10 Å². The Morgan fingerprint density at radius 3 is 2.38 bits per heavy atom. The van der Waals surface area contributed by atoms with E-state index in [4.69, 9.17) is 18.9 Å². The first-order valence-corrected chi connectivity index (χ1v) is 7.75. The topological polar surface area (TPSA) is 54.0 Å². The normalized spacial score (nSPS) is 19.7. The quantitative estimate of drug-likeness (QED) is 0.790. The zero-order valence-electron chi connectivity index (χ0n) is 13.9. The number of esters is 1. The Labute approximate surface area is 141 Å². The molecule has 0 aliphatic carbocycles. The predicted molar refractivity (Wildman–Crippen MR) is 88.8 cm³/mol. The number of rotatable bonds is 5. The second-order valence-corrected chi connectivity index (χ2v) is 5.65. The Bertz CT molecular complexity index is 740. The number of hydrogen-bond acceptors (Lipinski definition) is 5. The van der Waals surface area contributed by atoms with Gasteiger partial charge in [0.2, 0.25) is 6.10 Å². The zero-order valence-corrected chi connectivity index (χ0v) is 13.9. The number of ether oxygens (including phenoxy) is 4. The Kier molecular flexibility index (Phi) is 4.60. The maximum absolute atomic E-state index is 12.2. The number of methoxy groups -OCH3 is 2. The molecular weight excluding hydrogens is 308 g/mol. The number of cyclic esters (lactones) is 1. The van der Waals surface area contributed by atoms with Gasteiger partial charge in [0.1, 0.15) is 12.4 Å². The van der Waals surface area contributed by atoms with Gasteiger partial charge in [0.15, 0.2) is 11.5 Å². The van der Waals surface area contributed by atoms with Crippen LogP contribution in [0.4, 0.5) is 0 Å². The first-order valence-electron chi connectivity index (χ1n) is 7.75. The molecule has 126 valence electrons. The molecule has 0 aromatic heterocycles. The van der Waals surface area contributed by atoms with E-state index in [1.807, 2.05) is 37.3 Å². The molecule has 0 radical (unpaired) electrons. The van der Waals surface area contributed by atoms with Crippen LogP contribution in [-0.4, -0.2) is 32.9 Å². The van der Waals surface area contributed by atoms with Crippen LogP contribution in [0.15, 0.2) is 42.5 Å². The van der Waals surface area contributed by atoms with Crippen molar-refractivity contribution in [2.24, 2.45) is 0 Å². The molecule has 0 spiro atoms. The SMILES string of the molecule is COc1ccc(C2COC(=O)C2Oc2ccccc2OC)cc1C. The van der Waals surface area contributed by atoms with Crippen LogP contribution < -0.4 is 14.2 Å². The van der Waals surface area contributed by atoms with E-state index in [2.05, 4.69) is 0 Å². The molecule has 1 saturated heterocycles. The van der Waals surface area contributed by atoms with E-state index in [-0.39, 0.29) is 11.9 Å². The maximum atomic E-state index is 12.2. The summed E-state index contributed by atoms with van der Waals surface area (Å²) >= 11 is 0. The van der Waals surface area contributed by atoms with Crippen molar-refractivity contribution in [2.75, 3.05) is 20.8 Å². The molecule has 3 rings (SSSR count). The Hall–Kier alpha value is -2.69. The lowest BCUT2D eigenvalue weighted by atomic mass is 9.94. The Balaban J connectivity index is 1.88. The third kappa shape index (κ3) is 3.02. The van der Waals surface area contributed by atoms with Gasteiger partial charge in [-0.25, -0.2) is 4.79 Å². The van der Waals surface area contributed by atoms with Gasteiger partial charge in [-0.3, -0.25) is 0 Å². The van der Waals surface area contributed by atoms with E-state index >= 15 is 0 Å². The minimum Gasteiger partial charge on any atom is -0.496 e. The minimum atomic E-state index is -0.700. The number of carbonyl (C=O) groups excluding carboxylic acids is 1. The smallest absolute Gasteiger partial charge is 0.348 e. The second kappa shape index (κ2) is 6.83. The molecule has 5 heteroatoms. The zero-order chi connectivity index (χ0) is 17.1. The van der Waals surface area contributed by atoms with Crippen LogP contribution in [0.3, 0.4) is 0 Å². The van der Waals surface area contributed by atoms with E-state index in [1.165, 1.54) is 0 Å². The van der Waals surface area contributed by atoms with Gasteiger partial charge < -0.3 is 18.9 Å². The molecule has 2 aromatic carbocycles. The third-order valence-corrected chi connectivity index (χ3v) is 4.17. The van der Waals surface area contributed by atoms with Gasteiger partial charge in [0.05, 0.1) is 20.1 Å². The fourth-order valence-corrected chi connectivity index (χ4v) is 2.89. The van der Waals surface area contributed by atoms with E-state index in [1.54, 1.807) is 26.4 Å². The first-order chi connectivity index (χ1) is 11.6. The van der Waals surface area contributed by atoms with Gasteiger partial charge in [-0.15, -0.1) is 0 Å². The molecule has 1 heterocycles. The number of carbonyl (C=O) groups is 1. The Morgan fingerprint density at radius 2 is 1.71 bits per heavy atom. The molecule has 0 saturated carbocycles. The summed E-state index contributed by atoms with van der Waals surface area (Å²) in [5, 5.41) is 0. The molecule has 1 fully saturated rings. The minimum absolute atomic E-state index is 0.174. The van der Waals surface area contributed by atoms with Crippen LogP contribution in [-0.2, 0) is 9.53 Å². The van der Waals surface area contributed by atoms with Crippen molar-refractivity contribution >= 4 is 5.97 Å². The molecule has 5 nitrogen and oxygen atoms in total. The van der Waals surface area contributed by atoms with Crippen LogP contribution in [0.5, 0.6) is 17.2 Å². The molecule has 2 unspecified atom stereocenters. The summed E-state index contributed by atoms with van der Waals surface area (Å²) in [5.41, 5.74) is 1.99. The fourth-order valence-electron chi connectivity index (χ4n) is 2.89. The average molecular weight is 328 g/mol. The van der Waals surface area contributed by atoms with Crippen molar-refractivity contribution < 1.29 is 23.7 Å². The molecular formula is C19H20O5. The van der Waals surface area contributed by atoms with Gasteiger partial charge >= 0.3 is 5.97 Å². The summed E-state index contributed by atoms with van der Waals surface area (Å²) < 4.78 is 21.8. The standard InChI is InChI=1S/C19H20O5/c1-12-10-13(8-9-15(12)21-2)14-11-23-19(20)18(14)24-17-7-5-4-6-16(17)22-3/h4-10,14,18H,11H2,1-3H3. The maximum Gasteiger partial charge on any atom is 0.348 e. The molecule has 1 aliphatic rings. The van der Waals surface area contributed by atoms with Crippen molar-refractivity contribution in [1.82, 2.24) is 0 Å². The highest BCUT2D eigenvalue weighted by Crippen LogP contribution is 2.35. The van der Waals surface area contributed by atoms with E-state index in [0.717, 1.165) is 16.9 Å². The van der Waals surface area contributed by atoms with E-state index in [0.29, 0.717) is 18.1 Å². The van der Waals surface area contributed by atoms with Gasteiger partial charge in [0, 0.05) is 0 Å². The summed E-state index contributed by atoms with van der Waals surface area (Å²) in [5.74, 6) is 1.39. The largest absolute Gasteiger partial charge is 0.496 e. The summed E-state index contributed by atoms with van der Waals surface area (Å²) in [6.07, 6.45) is -0.700. The van der Waals surface area contributed by atoms with Crippen molar-refractivity contribution in [3.05, 3.63) is 53.6 Å². The summed E-state index contributed by atoms with van der Waals surface area (Å²) in [7, 11) is 3.21. The molecule has 1 aliphatic heterocycles. The molecule has 2 atom stereocenters. The van der Waals surface area contributed by atoms with Crippen molar-refractivity contribution in [1.29, 1.82) is 0 Å². The fraction of sp³-hybridized carbons (Fsp3) is 0.316. The summed E-state index contributed by atoms with van der Waals surface area (Å²) in [6, 6.07) is 13.1. The third-order valence-electron chi connectivity index (χ3n) is 4.17. The lowest BCUT2D eigenvalue weighted by Crippen LogP contribution is -2.28. The van der Waals surface area contributed by atoms with Gasteiger partial charge in [-0.05, 0) is 36.2 Å². The van der Waals surface area contributed by atoms with Crippen molar-refractivity contribution in [3.8, 4) is 17.2 Å². The van der Waals surface area contributed by atoms with Crippen LogP contribution in [0.25, 0.3) is 0 Å². The number of hydrogen-bond donors (Lipinski definition) is 0. The number of benzene rings is 2. The van der Waals surface area contributed by atoms with Crippen molar-refractivity contribution in [3.63, 3.8) is 0 Å². The van der Waals surface area contributed by atoms with Crippen LogP contribution >= 0.6 is 0 Å². The highest BCUT2D eigenvalue weighted by molar-refractivity contribution is 5.79. The summed E-state index contributed by atoms with van der Waals surface area (Å²) in [6.45, 7) is 2.26. The highest BCUT2D eigenvalue weighted by atomic mass is 16.6. The lowest BCUT2D eigenvalue weighted by molar-refractivity contribution is -0.143. The lowest BCUT2D eigenvalue weighted by Gasteiger charge is -2.19. The molecule has 24 heavy (non-hydrogen) atoms. The Morgan fingerprint density at radius 1 is 1.00 bits per heavy atom. The molecule has 0 amide bonds. The average Bonchev–Trinajstić information content (AvgIpc) is 2.96. The van der Waals surface area contributed by atoms with E-state index in [9.17, 15) is 4.79 Å². The van der Waals surface area contributed by atoms with Gasteiger partial charge in [-0.1, -0.05) is 24.3 Å². The van der Waals surface area contributed by atoms with Crippen LogP contribution in [0.1, 0.15) is 17.0 Å². The van der Waals surface area contributed by atoms with Gasteiger partial charge in [0.25, 0.3) is 0 Å². The molecule has 0 bridgehead atoms.